The van der Waals surface area contributed by atoms with Crippen molar-refractivity contribution in [2.45, 2.75) is 30.8 Å². The molecule has 1 saturated heterocycles. The number of benzene rings is 1. The van der Waals surface area contributed by atoms with Crippen molar-refractivity contribution >= 4 is 20.0 Å². The molecule has 0 saturated carbocycles. The van der Waals surface area contributed by atoms with Gasteiger partial charge >= 0.3 is 0 Å². The number of aryl methyl sites for hydroxylation is 1. The molecule has 0 amide bonds. The van der Waals surface area contributed by atoms with E-state index in [-0.39, 0.29) is 30.6 Å². The Hall–Kier alpha value is -1.00. The van der Waals surface area contributed by atoms with Gasteiger partial charge in [-0.1, -0.05) is 17.7 Å². The van der Waals surface area contributed by atoms with Gasteiger partial charge in [0.2, 0.25) is 20.0 Å². The number of nitrogens with one attached hydrogen (secondary N) is 1. The smallest absolute Gasteiger partial charge is 0.240 e. The highest BCUT2D eigenvalue weighted by Gasteiger charge is 2.25. The van der Waals surface area contributed by atoms with Gasteiger partial charge in [-0.05, 0) is 31.9 Å². The van der Waals surface area contributed by atoms with E-state index in [1.165, 1.54) is 16.4 Å². The van der Waals surface area contributed by atoms with E-state index in [1.807, 2.05) is 6.92 Å². The van der Waals surface area contributed by atoms with Gasteiger partial charge in [0.1, 0.15) is 0 Å². The molecule has 1 aliphatic heterocycles. The maximum absolute atomic E-state index is 12.2. The van der Waals surface area contributed by atoms with Crippen molar-refractivity contribution in [2.24, 2.45) is 0 Å². The van der Waals surface area contributed by atoms with E-state index in [1.54, 1.807) is 12.1 Å². The van der Waals surface area contributed by atoms with Crippen molar-refractivity contribution in [1.82, 2.24) is 9.03 Å². The Balaban J connectivity index is 1.95. The Bertz CT molecular complexity index is 739. The normalized spacial score (nSPS) is 19.0. The van der Waals surface area contributed by atoms with Crippen LogP contribution < -0.4 is 4.72 Å². The van der Waals surface area contributed by atoms with E-state index < -0.39 is 20.0 Å². The molecule has 0 aromatic heterocycles. The molecule has 0 bridgehead atoms. The summed E-state index contributed by atoms with van der Waals surface area (Å²) >= 11 is 0. The molecule has 1 aliphatic rings. The fourth-order valence-corrected chi connectivity index (χ4v) is 4.39. The number of hydrogen-bond donors (Lipinski definition) is 1. The summed E-state index contributed by atoms with van der Waals surface area (Å²) in [6.45, 7) is 2.85. The molecule has 1 fully saturated rings. The van der Waals surface area contributed by atoms with E-state index in [2.05, 4.69) is 4.72 Å². The second kappa shape index (κ2) is 7.92. The lowest BCUT2D eigenvalue weighted by Gasteiger charge is -2.23. The monoisotopic (exact) mass is 376 g/mol. The zero-order valence-corrected chi connectivity index (χ0v) is 15.6. The highest BCUT2D eigenvalue weighted by Crippen LogP contribution is 2.15. The van der Waals surface area contributed by atoms with Crippen LogP contribution in [-0.2, 0) is 24.8 Å². The number of rotatable bonds is 8. The largest absolute Gasteiger partial charge is 0.377 e. The molecule has 136 valence electrons. The Labute approximate surface area is 144 Å². The van der Waals surface area contributed by atoms with Crippen LogP contribution in [0.15, 0.2) is 29.2 Å². The Morgan fingerprint density at radius 2 is 1.88 bits per heavy atom. The quantitative estimate of drug-likeness (QED) is 0.721. The minimum atomic E-state index is -3.65. The molecule has 9 heteroatoms. The van der Waals surface area contributed by atoms with Gasteiger partial charge in [-0.15, -0.1) is 0 Å². The molecule has 7 nitrogen and oxygen atoms in total. The minimum Gasteiger partial charge on any atom is -0.377 e. The average molecular weight is 377 g/mol. The number of sulfonamides is 2. The van der Waals surface area contributed by atoms with E-state index in [9.17, 15) is 16.8 Å². The van der Waals surface area contributed by atoms with Crippen molar-refractivity contribution in [1.29, 1.82) is 0 Å². The summed E-state index contributed by atoms with van der Waals surface area (Å²) in [7, 11) is -7.07. The summed E-state index contributed by atoms with van der Waals surface area (Å²) in [4.78, 5) is 0.165. The highest BCUT2D eigenvalue weighted by molar-refractivity contribution is 7.89. The topological polar surface area (TPSA) is 92.8 Å². The van der Waals surface area contributed by atoms with Crippen molar-refractivity contribution in [3.8, 4) is 0 Å². The van der Waals surface area contributed by atoms with Crippen LogP contribution in [0.3, 0.4) is 0 Å². The van der Waals surface area contributed by atoms with Crippen molar-refractivity contribution in [3.63, 3.8) is 0 Å². The molecule has 0 spiro atoms. The summed E-state index contributed by atoms with van der Waals surface area (Å²) in [5, 5.41) is 0. The fourth-order valence-electron chi connectivity index (χ4n) is 2.51. The summed E-state index contributed by atoms with van der Waals surface area (Å²) in [5.41, 5.74) is 0.966. The van der Waals surface area contributed by atoms with Gasteiger partial charge < -0.3 is 4.74 Å². The molecule has 1 unspecified atom stereocenters. The zero-order chi connectivity index (χ0) is 17.8. The molecule has 1 atom stereocenters. The Morgan fingerprint density at radius 3 is 2.42 bits per heavy atom. The highest BCUT2D eigenvalue weighted by atomic mass is 32.2. The molecule has 1 N–H and O–H groups in total. The van der Waals surface area contributed by atoms with Gasteiger partial charge in [-0.25, -0.2) is 21.6 Å². The first kappa shape index (κ1) is 19.3. The maximum atomic E-state index is 12.2. The van der Waals surface area contributed by atoms with Crippen LogP contribution in [0, 0.1) is 6.92 Å². The first-order chi connectivity index (χ1) is 11.2. The number of hydrogen-bond acceptors (Lipinski definition) is 5. The lowest BCUT2D eigenvalue weighted by Crippen LogP contribution is -2.41. The lowest BCUT2D eigenvalue weighted by molar-refractivity contribution is 0.0943. The van der Waals surface area contributed by atoms with Crippen molar-refractivity contribution in [3.05, 3.63) is 29.8 Å². The van der Waals surface area contributed by atoms with Crippen LogP contribution in [0.5, 0.6) is 0 Å². The molecule has 1 aromatic carbocycles. The average Bonchev–Trinajstić information content (AvgIpc) is 2.98. The van der Waals surface area contributed by atoms with Gasteiger partial charge in [0.25, 0.3) is 0 Å². The first-order valence-electron chi connectivity index (χ1n) is 7.81. The van der Waals surface area contributed by atoms with Gasteiger partial charge in [0.15, 0.2) is 0 Å². The van der Waals surface area contributed by atoms with Gasteiger partial charge in [-0.2, -0.15) is 4.31 Å². The lowest BCUT2D eigenvalue weighted by atomic mass is 10.2. The molecule has 24 heavy (non-hydrogen) atoms. The zero-order valence-electron chi connectivity index (χ0n) is 13.9. The van der Waals surface area contributed by atoms with Crippen LogP contribution in [0.2, 0.25) is 0 Å². The molecular formula is C15H24N2O5S2. The van der Waals surface area contributed by atoms with E-state index in [0.29, 0.717) is 6.61 Å². The molecule has 1 aromatic rings. The minimum absolute atomic E-state index is 0.00992. The third-order valence-electron chi connectivity index (χ3n) is 3.88. The van der Waals surface area contributed by atoms with Crippen LogP contribution >= 0.6 is 0 Å². The summed E-state index contributed by atoms with van der Waals surface area (Å²) in [6, 6.07) is 6.49. The van der Waals surface area contributed by atoms with Crippen LogP contribution in [0.4, 0.5) is 0 Å². The molecule has 0 radical (unpaired) electrons. The fraction of sp³-hybridized carbons (Fsp3) is 0.600. The van der Waals surface area contributed by atoms with E-state index in [0.717, 1.165) is 24.7 Å². The van der Waals surface area contributed by atoms with Crippen LogP contribution in [0.25, 0.3) is 0 Å². The maximum Gasteiger partial charge on any atom is 0.240 e. The predicted molar refractivity (Wildman–Crippen MR) is 91.8 cm³/mol. The first-order valence-corrected chi connectivity index (χ1v) is 11.1. The molecule has 2 rings (SSSR count). The van der Waals surface area contributed by atoms with E-state index >= 15 is 0 Å². The third-order valence-corrected chi connectivity index (χ3v) is 6.63. The number of nitrogens with zero attached hydrogens (tertiary/aromatic N) is 1. The molecular weight excluding hydrogens is 352 g/mol. The van der Waals surface area contributed by atoms with Gasteiger partial charge in [0, 0.05) is 26.2 Å². The predicted octanol–water partition coefficient (Wildman–Crippen LogP) is 0.714. The van der Waals surface area contributed by atoms with Crippen molar-refractivity contribution in [2.75, 3.05) is 32.5 Å². The standard InChI is InChI=1S/C15H24N2O5S2/c1-13-5-7-15(8-6-13)24(20,21)16-9-10-17(23(2,18)19)12-14-4-3-11-22-14/h5-8,14,16H,3-4,9-12H2,1-2H3. The second-order valence-electron chi connectivity index (χ2n) is 5.97. The summed E-state index contributed by atoms with van der Waals surface area (Å²) in [5.74, 6) is 0. The Kier molecular flexibility index (Phi) is 6.38. The second-order valence-corrected chi connectivity index (χ2v) is 9.72. The van der Waals surface area contributed by atoms with E-state index in [4.69, 9.17) is 4.74 Å². The van der Waals surface area contributed by atoms with Gasteiger partial charge in [0.05, 0.1) is 17.3 Å². The molecule has 1 heterocycles. The SMILES string of the molecule is Cc1ccc(S(=O)(=O)NCCN(CC2CCCO2)S(C)(=O)=O)cc1. The number of ether oxygens (including phenoxy) is 1. The molecule has 0 aliphatic carbocycles. The summed E-state index contributed by atoms with van der Waals surface area (Å²) in [6.07, 6.45) is 2.74. The van der Waals surface area contributed by atoms with Crippen LogP contribution in [-0.4, -0.2) is 59.7 Å². The van der Waals surface area contributed by atoms with Crippen LogP contribution in [0.1, 0.15) is 18.4 Å². The third kappa shape index (κ3) is 5.52. The van der Waals surface area contributed by atoms with Gasteiger partial charge in [-0.3, -0.25) is 0 Å². The summed E-state index contributed by atoms with van der Waals surface area (Å²) < 4.78 is 57.4. The van der Waals surface area contributed by atoms with Crippen molar-refractivity contribution < 1.29 is 21.6 Å². The Morgan fingerprint density at radius 1 is 1.21 bits per heavy atom.